The molecule has 0 aliphatic carbocycles. The predicted molar refractivity (Wildman–Crippen MR) is 86.6 cm³/mol. The van der Waals surface area contributed by atoms with E-state index in [1.165, 1.54) is 0 Å². The van der Waals surface area contributed by atoms with Gasteiger partial charge in [0, 0.05) is 16.4 Å². The zero-order valence-electron chi connectivity index (χ0n) is 13.2. The van der Waals surface area contributed by atoms with Gasteiger partial charge >= 0.3 is 0 Å². The summed E-state index contributed by atoms with van der Waals surface area (Å²) in [5, 5.41) is 2.91. The molecule has 0 saturated carbocycles. The molecule has 2 aromatic rings. The highest BCUT2D eigenvalue weighted by Gasteiger charge is 2.19. The Labute approximate surface area is 130 Å². The second-order valence-electron chi connectivity index (χ2n) is 6.16. The minimum atomic E-state index is 0.0187. The van der Waals surface area contributed by atoms with Crippen LogP contribution in [-0.2, 0) is 11.8 Å². The van der Waals surface area contributed by atoms with E-state index in [1.807, 2.05) is 24.4 Å². The van der Waals surface area contributed by atoms with Crippen molar-refractivity contribution in [2.45, 2.75) is 39.5 Å². The van der Waals surface area contributed by atoms with Crippen LogP contribution in [0.1, 0.15) is 47.4 Å². The zero-order chi connectivity index (χ0) is 15.6. The fourth-order valence-corrected chi connectivity index (χ4v) is 2.99. The van der Waals surface area contributed by atoms with Crippen LogP contribution < -0.4 is 4.74 Å². The van der Waals surface area contributed by atoms with Gasteiger partial charge < -0.3 is 4.74 Å². The summed E-state index contributed by atoms with van der Waals surface area (Å²) in [6, 6.07) is 5.56. The number of nitrogens with zero attached hydrogens (tertiary/aromatic N) is 1. The lowest BCUT2D eigenvalue weighted by molar-refractivity contribution is 0.0992. The summed E-state index contributed by atoms with van der Waals surface area (Å²) in [5.41, 5.74) is 2.75. The van der Waals surface area contributed by atoms with Crippen molar-refractivity contribution in [3.8, 4) is 5.75 Å². The highest BCUT2D eigenvalue weighted by molar-refractivity contribution is 7.09. The van der Waals surface area contributed by atoms with Crippen LogP contribution in [0, 0.1) is 6.92 Å². The number of methoxy groups -OCH3 is 1. The summed E-state index contributed by atoms with van der Waals surface area (Å²) in [6.07, 6.45) is 0.340. The Morgan fingerprint density at radius 3 is 2.62 bits per heavy atom. The normalized spacial score (nSPS) is 11.5. The first kappa shape index (κ1) is 15.7. The standard InChI is InChI=1S/C17H21NO2S/c1-11-6-7-12(8-14(11)20-5)13(19)9-16-18-15(10-21-16)17(2,3)4/h6-8,10H,9H2,1-5H3. The maximum atomic E-state index is 12.4. The Morgan fingerprint density at radius 2 is 2.05 bits per heavy atom. The molecule has 0 aliphatic heterocycles. The third kappa shape index (κ3) is 3.70. The quantitative estimate of drug-likeness (QED) is 0.795. The molecule has 0 unspecified atom stereocenters. The largest absolute Gasteiger partial charge is 0.496 e. The molecule has 0 amide bonds. The van der Waals surface area contributed by atoms with Gasteiger partial charge in [-0.15, -0.1) is 11.3 Å². The van der Waals surface area contributed by atoms with Crippen molar-refractivity contribution in [3.05, 3.63) is 45.4 Å². The van der Waals surface area contributed by atoms with E-state index in [0.29, 0.717) is 12.0 Å². The molecule has 1 heterocycles. The maximum absolute atomic E-state index is 12.4. The Balaban J connectivity index is 2.16. The van der Waals surface area contributed by atoms with Crippen LogP contribution in [0.4, 0.5) is 0 Å². The highest BCUT2D eigenvalue weighted by atomic mass is 32.1. The highest BCUT2D eigenvalue weighted by Crippen LogP contribution is 2.25. The number of aryl methyl sites for hydroxylation is 1. The molecule has 0 saturated heterocycles. The van der Waals surface area contributed by atoms with Gasteiger partial charge in [0.15, 0.2) is 5.78 Å². The molecule has 1 aromatic heterocycles. The van der Waals surface area contributed by atoms with Crippen LogP contribution in [0.2, 0.25) is 0 Å². The van der Waals surface area contributed by atoms with Gasteiger partial charge in [-0.05, 0) is 18.6 Å². The van der Waals surface area contributed by atoms with E-state index < -0.39 is 0 Å². The first-order chi connectivity index (χ1) is 9.81. The number of rotatable bonds is 4. The Kier molecular flexibility index (Phi) is 4.47. The van der Waals surface area contributed by atoms with Crippen LogP contribution in [0.3, 0.4) is 0 Å². The molecule has 0 atom stereocenters. The molecule has 0 spiro atoms. The molecule has 3 nitrogen and oxygen atoms in total. The Morgan fingerprint density at radius 1 is 1.33 bits per heavy atom. The van der Waals surface area contributed by atoms with Crippen LogP contribution in [-0.4, -0.2) is 17.9 Å². The van der Waals surface area contributed by atoms with E-state index in [2.05, 4.69) is 25.8 Å². The number of carbonyl (C=O) groups is 1. The van der Waals surface area contributed by atoms with Crippen molar-refractivity contribution in [3.63, 3.8) is 0 Å². The van der Waals surface area contributed by atoms with Crippen LogP contribution >= 0.6 is 11.3 Å². The van der Waals surface area contributed by atoms with Gasteiger partial charge in [0.1, 0.15) is 10.8 Å². The van der Waals surface area contributed by atoms with Gasteiger partial charge in [-0.25, -0.2) is 4.98 Å². The van der Waals surface area contributed by atoms with Gasteiger partial charge in [0.2, 0.25) is 0 Å². The molecule has 0 N–H and O–H groups in total. The Hall–Kier alpha value is -1.68. The summed E-state index contributed by atoms with van der Waals surface area (Å²) < 4.78 is 5.27. The monoisotopic (exact) mass is 303 g/mol. The molecule has 0 radical (unpaired) electrons. The fourth-order valence-electron chi connectivity index (χ4n) is 1.97. The summed E-state index contributed by atoms with van der Waals surface area (Å²) in [6.45, 7) is 8.33. The number of aromatic nitrogens is 1. The second kappa shape index (κ2) is 5.98. The molecule has 21 heavy (non-hydrogen) atoms. The minimum absolute atomic E-state index is 0.0187. The van der Waals surface area contributed by atoms with Gasteiger partial charge in [0.05, 0.1) is 19.2 Å². The second-order valence-corrected chi connectivity index (χ2v) is 7.10. The molecular formula is C17H21NO2S. The lowest BCUT2D eigenvalue weighted by Crippen LogP contribution is -2.12. The topological polar surface area (TPSA) is 39.2 Å². The van der Waals surface area contributed by atoms with Gasteiger partial charge in [-0.1, -0.05) is 32.9 Å². The van der Waals surface area contributed by atoms with E-state index >= 15 is 0 Å². The summed E-state index contributed by atoms with van der Waals surface area (Å²) in [4.78, 5) is 16.9. The Bertz CT molecular complexity index is 653. The maximum Gasteiger partial charge on any atom is 0.169 e. The fraction of sp³-hybridized carbons (Fsp3) is 0.412. The summed E-state index contributed by atoms with van der Waals surface area (Å²) in [5.74, 6) is 0.818. The van der Waals surface area contributed by atoms with E-state index in [1.54, 1.807) is 24.5 Å². The minimum Gasteiger partial charge on any atom is -0.496 e. The zero-order valence-corrected chi connectivity index (χ0v) is 14.0. The first-order valence-corrected chi connectivity index (χ1v) is 7.82. The average Bonchev–Trinajstić information content (AvgIpc) is 2.87. The van der Waals surface area contributed by atoms with E-state index in [4.69, 9.17) is 4.74 Å². The van der Waals surface area contributed by atoms with E-state index in [-0.39, 0.29) is 11.2 Å². The van der Waals surface area contributed by atoms with Gasteiger partial charge in [-0.2, -0.15) is 0 Å². The molecule has 0 aliphatic rings. The van der Waals surface area contributed by atoms with Crippen molar-refractivity contribution < 1.29 is 9.53 Å². The van der Waals surface area contributed by atoms with Crippen molar-refractivity contribution in [1.29, 1.82) is 0 Å². The number of ketones is 1. The third-order valence-electron chi connectivity index (χ3n) is 3.36. The van der Waals surface area contributed by atoms with E-state index in [0.717, 1.165) is 22.0 Å². The van der Waals surface area contributed by atoms with Crippen molar-refractivity contribution in [1.82, 2.24) is 4.98 Å². The molecule has 4 heteroatoms. The third-order valence-corrected chi connectivity index (χ3v) is 4.21. The van der Waals surface area contributed by atoms with Crippen LogP contribution in [0.5, 0.6) is 5.75 Å². The van der Waals surface area contributed by atoms with Crippen molar-refractivity contribution >= 4 is 17.1 Å². The summed E-state index contributed by atoms with van der Waals surface area (Å²) >= 11 is 1.55. The molecule has 112 valence electrons. The van der Waals surface area contributed by atoms with Crippen LogP contribution in [0.25, 0.3) is 0 Å². The van der Waals surface area contributed by atoms with Gasteiger partial charge in [0.25, 0.3) is 0 Å². The smallest absolute Gasteiger partial charge is 0.169 e. The van der Waals surface area contributed by atoms with E-state index in [9.17, 15) is 4.79 Å². The molecule has 2 rings (SSSR count). The number of hydrogen-bond donors (Lipinski definition) is 0. The van der Waals surface area contributed by atoms with Gasteiger partial charge in [-0.3, -0.25) is 4.79 Å². The number of carbonyl (C=O) groups excluding carboxylic acids is 1. The van der Waals surface area contributed by atoms with Crippen molar-refractivity contribution in [2.24, 2.45) is 0 Å². The molecular weight excluding hydrogens is 282 g/mol. The lowest BCUT2D eigenvalue weighted by Gasteiger charge is -2.14. The SMILES string of the molecule is COc1cc(C(=O)Cc2nc(C(C)(C)C)cs2)ccc1C. The predicted octanol–water partition coefficient (Wildman–Crippen LogP) is 4.18. The average molecular weight is 303 g/mol. The molecule has 1 aromatic carbocycles. The lowest BCUT2D eigenvalue weighted by atomic mass is 9.93. The van der Waals surface area contributed by atoms with Crippen molar-refractivity contribution in [2.75, 3.05) is 7.11 Å². The first-order valence-electron chi connectivity index (χ1n) is 6.94. The number of Topliss-reactive ketones (excluding diaryl/α,β-unsaturated/α-hetero) is 1. The number of thiazole rings is 1. The molecule has 0 bridgehead atoms. The summed E-state index contributed by atoms with van der Waals surface area (Å²) in [7, 11) is 1.62. The number of hydrogen-bond acceptors (Lipinski definition) is 4. The number of ether oxygens (including phenoxy) is 1. The number of benzene rings is 1. The molecule has 0 fully saturated rings. The van der Waals surface area contributed by atoms with Crippen LogP contribution in [0.15, 0.2) is 23.6 Å².